The number of anilines is 1. The van der Waals surface area contributed by atoms with Gasteiger partial charge in [0.1, 0.15) is 5.75 Å². The molecule has 0 unspecified atom stereocenters. The molecule has 0 atom stereocenters. The minimum absolute atomic E-state index is 0.764. The Morgan fingerprint density at radius 1 is 1.15 bits per heavy atom. The Morgan fingerprint density at radius 3 is 2.95 bits per heavy atom. The predicted molar refractivity (Wildman–Crippen MR) is 84.5 cm³/mol. The van der Waals surface area contributed by atoms with Crippen molar-refractivity contribution in [3.05, 3.63) is 48.0 Å². The number of ether oxygens (including phenoxy) is 1. The molecule has 0 bridgehead atoms. The zero-order valence-corrected chi connectivity index (χ0v) is 12.0. The molecule has 0 saturated carbocycles. The summed E-state index contributed by atoms with van der Waals surface area (Å²) < 4.78 is 5.86. The lowest BCUT2D eigenvalue weighted by Gasteiger charge is -2.19. The SMILES string of the molecule is CCCOc1ccccc1-c1ccc2c(c1)NCCC2. The third-order valence-electron chi connectivity index (χ3n) is 3.71. The summed E-state index contributed by atoms with van der Waals surface area (Å²) in [4.78, 5) is 0. The molecule has 0 radical (unpaired) electrons. The molecule has 0 spiro atoms. The van der Waals surface area contributed by atoms with Gasteiger partial charge in [0.15, 0.2) is 0 Å². The second kappa shape index (κ2) is 6.00. The molecule has 0 saturated heterocycles. The highest BCUT2D eigenvalue weighted by molar-refractivity contribution is 5.75. The van der Waals surface area contributed by atoms with Crippen LogP contribution in [0, 0.1) is 0 Å². The third kappa shape index (κ3) is 2.64. The number of rotatable bonds is 4. The van der Waals surface area contributed by atoms with Crippen molar-refractivity contribution in [3.8, 4) is 16.9 Å². The van der Waals surface area contributed by atoms with E-state index in [-0.39, 0.29) is 0 Å². The molecule has 0 fully saturated rings. The Kier molecular flexibility index (Phi) is 3.91. The third-order valence-corrected chi connectivity index (χ3v) is 3.71. The van der Waals surface area contributed by atoms with Crippen LogP contribution in [0.15, 0.2) is 42.5 Å². The van der Waals surface area contributed by atoms with Gasteiger partial charge in [-0.2, -0.15) is 0 Å². The highest BCUT2D eigenvalue weighted by atomic mass is 16.5. The van der Waals surface area contributed by atoms with Gasteiger partial charge in [-0.1, -0.05) is 37.3 Å². The van der Waals surface area contributed by atoms with Gasteiger partial charge >= 0.3 is 0 Å². The van der Waals surface area contributed by atoms with Gasteiger partial charge in [-0.25, -0.2) is 0 Å². The van der Waals surface area contributed by atoms with Gasteiger partial charge in [0, 0.05) is 17.8 Å². The first-order valence-electron chi connectivity index (χ1n) is 7.47. The highest BCUT2D eigenvalue weighted by Gasteiger charge is 2.11. The number of hydrogen-bond acceptors (Lipinski definition) is 2. The second-order valence-electron chi connectivity index (χ2n) is 5.25. The van der Waals surface area contributed by atoms with Gasteiger partial charge in [-0.3, -0.25) is 0 Å². The van der Waals surface area contributed by atoms with Crippen LogP contribution in [-0.4, -0.2) is 13.2 Å². The van der Waals surface area contributed by atoms with Gasteiger partial charge in [0.25, 0.3) is 0 Å². The van der Waals surface area contributed by atoms with Crippen molar-refractivity contribution in [2.45, 2.75) is 26.2 Å². The van der Waals surface area contributed by atoms with E-state index in [1.807, 2.05) is 6.07 Å². The summed E-state index contributed by atoms with van der Waals surface area (Å²) in [5.41, 5.74) is 5.10. The van der Waals surface area contributed by atoms with Crippen molar-refractivity contribution in [1.82, 2.24) is 0 Å². The molecular weight excluding hydrogens is 246 g/mol. The van der Waals surface area contributed by atoms with Crippen LogP contribution in [0.5, 0.6) is 5.75 Å². The summed E-state index contributed by atoms with van der Waals surface area (Å²) in [7, 11) is 0. The topological polar surface area (TPSA) is 21.3 Å². The minimum atomic E-state index is 0.764. The number of hydrogen-bond donors (Lipinski definition) is 1. The molecule has 1 heterocycles. The van der Waals surface area contributed by atoms with Crippen LogP contribution in [0.3, 0.4) is 0 Å². The highest BCUT2D eigenvalue weighted by Crippen LogP contribution is 2.33. The molecule has 0 amide bonds. The van der Waals surface area contributed by atoms with Gasteiger partial charge in [-0.05, 0) is 42.5 Å². The van der Waals surface area contributed by atoms with E-state index >= 15 is 0 Å². The maximum atomic E-state index is 5.86. The Balaban J connectivity index is 1.96. The molecule has 1 aliphatic heterocycles. The fourth-order valence-electron chi connectivity index (χ4n) is 2.67. The maximum Gasteiger partial charge on any atom is 0.127 e. The quantitative estimate of drug-likeness (QED) is 0.880. The molecule has 20 heavy (non-hydrogen) atoms. The Labute approximate surface area is 120 Å². The van der Waals surface area contributed by atoms with E-state index in [2.05, 4.69) is 48.6 Å². The first-order valence-corrected chi connectivity index (χ1v) is 7.47. The lowest BCUT2D eigenvalue weighted by atomic mass is 9.97. The van der Waals surface area contributed by atoms with Crippen LogP contribution >= 0.6 is 0 Å². The molecule has 104 valence electrons. The van der Waals surface area contributed by atoms with E-state index in [1.54, 1.807) is 0 Å². The zero-order valence-electron chi connectivity index (χ0n) is 12.0. The molecular formula is C18H21NO. The average molecular weight is 267 g/mol. The van der Waals surface area contributed by atoms with E-state index in [0.717, 1.165) is 25.3 Å². The van der Waals surface area contributed by atoms with Crippen LogP contribution < -0.4 is 10.1 Å². The fraction of sp³-hybridized carbons (Fsp3) is 0.333. The number of fused-ring (bicyclic) bond motifs is 1. The molecule has 0 aliphatic carbocycles. The number of aryl methyl sites for hydroxylation is 1. The number of para-hydroxylation sites is 1. The van der Waals surface area contributed by atoms with Crippen LogP contribution in [-0.2, 0) is 6.42 Å². The molecule has 2 nitrogen and oxygen atoms in total. The Hall–Kier alpha value is -1.96. The van der Waals surface area contributed by atoms with E-state index in [1.165, 1.54) is 35.2 Å². The molecule has 3 rings (SSSR count). The van der Waals surface area contributed by atoms with Crippen molar-refractivity contribution in [3.63, 3.8) is 0 Å². The first kappa shape index (κ1) is 13.0. The standard InChI is InChI=1S/C18H21NO/c1-2-12-20-18-8-4-3-7-16(18)15-10-9-14-6-5-11-19-17(14)13-15/h3-4,7-10,13,19H,2,5-6,11-12H2,1H3. The normalized spacial score (nSPS) is 13.4. The van der Waals surface area contributed by atoms with Crippen molar-refractivity contribution in [2.24, 2.45) is 0 Å². The largest absolute Gasteiger partial charge is 0.493 e. The summed E-state index contributed by atoms with van der Waals surface area (Å²) in [5, 5.41) is 3.49. The van der Waals surface area contributed by atoms with Crippen molar-refractivity contribution in [1.29, 1.82) is 0 Å². The Bertz CT molecular complexity index is 592. The van der Waals surface area contributed by atoms with Gasteiger partial charge < -0.3 is 10.1 Å². The number of nitrogens with one attached hydrogen (secondary N) is 1. The van der Waals surface area contributed by atoms with Gasteiger partial charge in [-0.15, -0.1) is 0 Å². The first-order chi connectivity index (χ1) is 9.88. The summed E-state index contributed by atoms with van der Waals surface area (Å²) in [6.45, 7) is 3.97. The van der Waals surface area contributed by atoms with Crippen LogP contribution in [0.2, 0.25) is 0 Å². The summed E-state index contributed by atoms with van der Waals surface area (Å²) in [6, 6.07) is 15.0. The van der Waals surface area contributed by atoms with Gasteiger partial charge in [0.2, 0.25) is 0 Å². The summed E-state index contributed by atoms with van der Waals surface area (Å²) in [5.74, 6) is 0.977. The molecule has 2 heteroatoms. The van der Waals surface area contributed by atoms with Crippen LogP contribution in [0.4, 0.5) is 5.69 Å². The minimum Gasteiger partial charge on any atom is -0.493 e. The summed E-state index contributed by atoms with van der Waals surface area (Å²) >= 11 is 0. The van der Waals surface area contributed by atoms with Crippen molar-refractivity contribution in [2.75, 3.05) is 18.5 Å². The van der Waals surface area contributed by atoms with E-state index in [0.29, 0.717) is 0 Å². The van der Waals surface area contributed by atoms with Crippen molar-refractivity contribution >= 4 is 5.69 Å². The smallest absolute Gasteiger partial charge is 0.127 e. The molecule has 1 aliphatic rings. The lowest BCUT2D eigenvalue weighted by molar-refractivity contribution is 0.318. The maximum absolute atomic E-state index is 5.86. The van der Waals surface area contributed by atoms with E-state index in [9.17, 15) is 0 Å². The fourth-order valence-corrected chi connectivity index (χ4v) is 2.67. The van der Waals surface area contributed by atoms with Crippen molar-refractivity contribution < 1.29 is 4.74 Å². The molecule has 1 N–H and O–H groups in total. The van der Waals surface area contributed by atoms with Crippen LogP contribution in [0.25, 0.3) is 11.1 Å². The monoisotopic (exact) mass is 267 g/mol. The van der Waals surface area contributed by atoms with Gasteiger partial charge in [0.05, 0.1) is 6.61 Å². The average Bonchev–Trinajstić information content (AvgIpc) is 2.53. The van der Waals surface area contributed by atoms with E-state index in [4.69, 9.17) is 4.74 Å². The zero-order chi connectivity index (χ0) is 13.8. The van der Waals surface area contributed by atoms with E-state index < -0.39 is 0 Å². The lowest BCUT2D eigenvalue weighted by Crippen LogP contribution is -2.11. The molecule has 0 aromatic heterocycles. The second-order valence-corrected chi connectivity index (χ2v) is 5.25. The molecule has 2 aromatic carbocycles. The number of benzene rings is 2. The molecule has 2 aromatic rings. The Morgan fingerprint density at radius 2 is 2.05 bits per heavy atom. The predicted octanol–water partition coefficient (Wildman–Crippen LogP) is 4.50. The summed E-state index contributed by atoms with van der Waals surface area (Å²) in [6.07, 6.45) is 3.43. The van der Waals surface area contributed by atoms with Crippen LogP contribution in [0.1, 0.15) is 25.3 Å².